The van der Waals surface area contributed by atoms with Crippen molar-refractivity contribution in [2.24, 2.45) is 0 Å². The van der Waals surface area contributed by atoms with Gasteiger partial charge in [-0.3, -0.25) is 4.68 Å². The van der Waals surface area contributed by atoms with Gasteiger partial charge in [0, 0.05) is 28.6 Å². The van der Waals surface area contributed by atoms with Gasteiger partial charge >= 0.3 is 0 Å². The molecule has 2 heterocycles. The second-order valence-electron chi connectivity index (χ2n) is 3.75. The Labute approximate surface area is 123 Å². The van der Waals surface area contributed by atoms with Crippen LogP contribution in [0.4, 0.5) is 5.82 Å². The quantitative estimate of drug-likeness (QED) is 0.845. The third-order valence-corrected chi connectivity index (χ3v) is 5.83. The van der Waals surface area contributed by atoms with E-state index in [4.69, 9.17) is 5.73 Å². The number of nitrogens with zero attached hydrogens (tertiary/aromatic N) is 2. The van der Waals surface area contributed by atoms with E-state index < -0.39 is 10.0 Å². The molecule has 0 aliphatic heterocycles. The number of hydrogen-bond donors (Lipinski definition) is 2. The predicted molar refractivity (Wildman–Crippen MR) is 78.4 cm³/mol. The van der Waals surface area contributed by atoms with Crippen molar-refractivity contribution in [2.45, 2.75) is 24.9 Å². The first-order valence-corrected chi connectivity index (χ1v) is 8.64. The van der Waals surface area contributed by atoms with E-state index in [1.54, 1.807) is 0 Å². The number of rotatable bonds is 5. The van der Waals surface area contributed by atoms with E-state index in [0.29, 0.717) is 6.54 Å². The van der Waals surface area contributed by atoms with Gasteiger partial charge < -0.3 is 5.73 Å². The van der Waals surface area contributed by atoms with Crippen LogP contribution in [0.15, 0.2) is 27.0 Å². The zero-order valence-corrected chi connectivity index (χ0v) is 13.3. The standard InChI is InChI=1S/C10H13BrN4O2S2/c1-2-15-6-9(10(12)14-15)19(16,17)13-5-8-7(11)3-4-18-8/h3-4,6,13H,2,5H2,1H3,(H2,12,14). The molecule has 0 saturated heterocycles. The number of nitrogens with one attached hydrogen (secondary N) is 1. The second kappa shape index (κ2) is 5.61. The fourth-order valence-electron chi connectivity index (χ4n) is 1.48. The largest absolute Gasteiger partial charge is 0.381 e. The molecule has 2 aromatic heterocycles. The van der Waals surface area contributed by atoms with Crippen molar-refractivity contribution >= 4 is 43.1 Å². The van der Waals surface area contributed by atoms with Gasteiger partial charge in [-0.2, -0.15) is 5.10 Å². The van der Waals surface area contributed by atoms with Crippen LogP contribution in [-0.4, -0.2) is 18.2 Å². The summed E-state index contributed by atoms with van der Waals surface area (Å²) in [7, 11) is -3.65. The van der Waals surface area contributed by atoms with Gasteiger partial charge in [-0.15, -0.1) is 11.3 Å². The average Bonchev–Trinajstić information content (AvgIpc) is 2.93. The van der Waals surface area contributed by atoms with Crippen LogP contribution in [-0.2, 0) is 23.1 Å². The third-order valence-electron chi connectivity index (χ3n) is 2.48. The maximum absolute atomic E-state index is 12.1. The first-order chi connectivity index (χ1) is 8.94. The molecule has 0 aromatic carbocycles. The first-order valence-electron chi connectivity index (χ1n) is 5.48. The Morgan fingerprint density at radius 2 is 2.32 bits per heavy atom. The lowest BCUT2D eigenvalue weighted by Gasteiger charge is -2.04. The van der Waals surface area contributed by atoms with Gasteiger partial charge in [-0.05, 0) is 34.3 Å². The lowest BCUT2D eigenvalue weighted by atomic mass is 10.5. The summed E-state index contributed by atoms with van der Waals surface area (Å²) in [4.78, 5) is 0.923. The van der Waals surface area contributed by atoms with Crippen molar-refractivity contribution < 1.29 is 8.42 Å². The van der Waals surface area contributed by atoms with Crippen molar-refractivity contribution in [3.8, 4) is 0 Å². The minimum absolute atomic E-state index is 0.0135. The number of halogens is 1. The van der Waals surface area contributed by atoms with Gasteiger partial charge in [0.15, 0.2) is 5.82 Å². The molecule has 9 heteroatoms. The Hall–Kier alpha value is -0.900. The summed E-state index contributed by atoms with van der Waals surface area (Å²) >= 11 is 4.83. The smallest absolute Gasteiger partial charge is 0.246 e. The van der Waals surface area contributed by atoms with Gasteiger partial charge in [-0.25, -0.2) is 13.1 Å². The molecule has 0 unspecified atom stereocenters. The summed E-state index contributed by atoms with van der Waals surface area (Å²) in [6.07, 6.45) is 1.43. The molecule has 2 rings (SSSR count). The summed E-state index contributed by atoms with van der Waals surface area (Å²) in [5.74, 6) is 0.0135. The van der Waals surface area contributed by atoms with Crippen LogP contribution >= 0.6 is 27.3 Å². The fraction of sp³-hybridized carbons (Fsp3) is 0.300. The molecule has 104 valence electrons. The Morgan fingerprint density at radius 1 is 1.58 bits per heavy atom. The molecule has 0 amide bonds. The molecule has 0 atom stereocenters. The van der Waals surface area contributed by atoms with Crippen LogP contribution in [0.25, 0.3) is 0 Å². The van der Waals surface area contributed by atoms with Gasteiger partial charge in [0.1, 0.15) is 4.90 Å². The maximum Gasteiger partial charge on any atom is 0.246 e. The number of aromatic nitrogens is 2. The summed E-state index contributed by atoms with van der Waals surface area (Å²) in [5.41, 5.74) is 5.62. The summed E-state index contributed by atoms with van der Waals surface area (Å²) in [6.45, 7) is 2.65. The highest BCUT2D eigenvalue weighted by atomic mass is 79.9. The van der Waals surface area contributed by atoms with Crippen LogP contribution in [0.1, 0.15) is 11.8 Å². The van der Waals surface area contributed by atoms with E-state index in [0.717, 1.165) is 9.35 Å². The molecule has 0 aliphatic carbocycles. The molecule has 0 bridgehead atoms. The van der Waals surface area contributed by atoms with Crippen LogP contribution in [0.2, 0.25) is 0 Å². The van der Waals surface area contributed by atoms with Crippen molar-refractivity contribution in [3.05, 3.63) is 27.0 Å². The highest BCUT2D eigenvalue weighted by Gasteiger charge is 2.21. The molecule has 0 aliphatic rings. The van der Waals surface area contributed by atoms with Gasteiger partial charge in [0.05, 0.1) is 0 Å². The van der Waals surface area contributed by atoms with Crippen LogP contribution in [0.5, 0.6) is 0 Å². The number of hydrogen-bond acceptors (Lipinski definition) is 5. The van der Waals surface area contributed by atoms with Crippen molar-refractivity contribution in [2.75, 3.05) is 5.73 Å². The van der Waals surface area contributed by atoms with Crippen molar-refractivity contribution in [1.82, 2.24) is 14.5 Å². The van der Waals surface area contributed by atoms with Crippen LogP contribution in [0, 0.1) is 0 Å². The Kier molecular flexibility index (Phi) is 4.29. The maximum atomic E-state index is 12.1. The van der Waals surface area contributed by atoms with E-state index in [-0.39, 0.29) is 17.3 Å². The molecule has 0 spiro atoms. The highest BCUT2D eigenvalue weighted by molar-refractivity contribution is 9.10. The van der Waals surface area contributed by atoms with Crippen LogP contribution in [0.3, 0.4) is 0 Å². The van der Waals surface area contributed by atoms with Crippen molar-refractivity contribution in [3.63, 3.8) is 0 Å². The lowest BCUT2D eigenvalue weighted by Crippen LogP contribution is -2.23. The summed E-state index contributed by atoms with van der Waals surface area (Å²) in [5, 5.41) is 5.81. The van der Waals surface area contributed by atoms with Crippen LogP contribution < -0.4 is 10.5 Å². The molecular formula is C10H13BrN4O2S2. The number of sulfonamides is 1. The molecule has 0 fully saturated rings. The van der Waals surface area contributed by atoms with Gasteiger partial charge in [0.25, 0.3) is 0 Å². The van der Waals surface area contributed by atoms with Gasteiger partial charge in [0.2, 0.25) is 10.0 Å². The number of aryl methyl sites for hydroxylation is 1. The Bertz CT molecular complexity index is 678. The highest BCUT2D eigenvalue weighted by Crippen LogP contribution is 2.23. The molecule has 2 aromatic rings. The second-order valence-corrected chi connectivity index (χ2v) is 7.34. The van der Waals surface area contributed by atoms with E-state index in [1.165, 1.54) is 22.2 Å². The van der Waals surface area contributed by atoms with E-state index >= 15 is 0 Å². The number of anilines is 1. The molecule has 0 saturated carbocycles. The molecule has 0 radical (unpaired) electrons. The van der Waals surface area contributed by atoms with Gasteiger partial charge in [-0.1, -0.05) is 0 Å². The summed E-state index contributed by atoms with van der Waals surface area (Å²) < 4.78 is 29.2. The predicted octanol–water partition coefficient (Wildman–Crippen LogP) is 1.79. The monoisotopic (exact) mass is 364 g/mol. The normalized spacial score (nSPS) is 11.9. The SMILES string of the molecule is CCn1cc(S(=O)(=O)NCc2sccc2Br)c(N)n1. The van der Waals surface area contributed by atoms with E-state index in [2.05, 4.69) is 25.8 Å². The molecule has 6 nitrogen and oxygen atoms in total. The Balaban J connectivity index is 2.18. The number of nitrogen functional groups attached to an aromatic ring is 1. The first kappa shape index (κ1) is 14.5. The Morgan fingerprint density at radius 3 is 2.84 bits per heavy atom. The number of thiophene rings is 1. The average molecular weight is 365 g/mol. The minimum Gasteiger partial charge on any atom is -0.381 e. The third kappa shape index (κ3) is 3.16. The molecule has 19 heavy (non-hydrogen) atoms. The zero-order chi connectivity index (χ0) is 14.0. The summed E-state index contributed by atoms with van der Waals surface area (Å²) in [6, 6.07) is 1.87. The topological polar surface area (TPSA) is 90.0 Å². The van der Waals surface area contributed by atoms with E-state index in [1.807, 2.05) is 18.4 Å². The number of nitrogens with two attached hydrogens (primary N) is 1. The lowest BCUT2D eigenvalue weighted by molar-refractivity contribution is 0.581. The van der Waals surface area contributed by atoms with Crippen molar-refractivity contribution in [1.29, 1.82) is 0 Å². The molecule has 3 N–H and O–H groups in total. The van der Waals surface area contributed by atoms with E-state index in [9.17, 15) is 8.42 Å². The molecular weight excluding hydrogens is 352 g/mol. The fourth-order valence-corrected chi connectivity index (χ4v) is 4.07. The zero-order valence-electron chi connectivity index (χ0n) is 10.1. The minimum atomic E-state index is -3.65.